The van der Waals surface area contributed by atoms with Crippen molar-refractivity contribution >= 4 is 44.5 Å². The minimum Gasteiger partial charge on any atom is -0.459 e. The van der Waals surface area contributed by atoms with Gasteiger partial charge in [0.25, 0.3) is 5.91 Å². The smallest absolute Gasteiger partial charge is 0.324 e. The van der Waals surface area contributed by atoms with Gasteiger partial charge in [-0.1, -0.05) is 18.2 Å². The average molecular weight is 488 g/mol. The number of hydrogen-bond acceptors (Lipinski definition) is 7. The molecule has 1 heterocycles. The number of ether oxygens (including phenoxy) is 1. The van der Waals surface area contributed by atoms with Crippen molar-refractivity contribution in [1.29, 1.82) is 0 Å². The van der Waals surface area contributed by atoms with Gasteiger partial charge in [0.1, 0.15) is 17.4 Å². The molecule has 2 atom stereocenters. The number of rotatable bonds is 9. The topological polar surface area (TPSA) is 144 Å². The largest absolute Gasteiger partial charge is 0.459 e. The lowest BCUT2D eigenvalue weighted by atomic mass is 10.2. The molecule has 11 heteroatoms. The number of amides is 2. The number of benzene rings is 2. The molecule has 0 aliphatic carbocycles. The van der Waals surface area contributed by atoms with Gasteiger partial charge in [-0.2, -0.15) is 4.72 Å². The first-order chi connectivity index (χ1) is 16.0. The van der Waals surface area contributed by atoms with Crippen LogP contribution in [-0.2, 0) is 29.1 Å². The Balaban J connectivity index is 1.50. The molecule has 0 bridgehead atoms. The van der Waals surface area contributed by atoms with Crippen LogP contribution in [0.4, 0.5) is 5.69 Å². The number of para-hydroxylation sites is 1. The summed E-state index contributed by atoms with van der Waals surface area (Å²) in [4.78, 5) is 35.4. The molecule has 1 unspecified atom stereocenters. The number of carbonyl (C=O) groups excluding carboxylic acids is 3. The van der Waals surface area contributed by atoms with Gasteiger partial charge in [-0.3, -0.25) is 14.4 Å². The van der Waals surface area contributed by atoms with Crippen molar-refractivity contribution in [3.8, 4) is 0 Å². The van der Waals surface area contributed by atoms with E-state index >= 15 is 0 Å². The molecule has 1 aromatic heterocycles. The van der Waals surface area contributed by atoms with Crippen molar-refractivity contribution in [3.05, 3.63) is 60.4 Å². The Morgan fingerprint density at radius 1 is 1.03 bits per heavy atom. The molecule has 180 valence electrons. The van der Waals surface area contributed by atoms with Crippen LogP contribution in [0.15, 0.2) is 63.9 Å². The molecule has 0 saturated heterocycles. The van der Waals surface area contributed by atoms with Crippen molar-refractivity contribution in [1.82, 2.24) is 10.0 Å². The summed E-state index contributed by atoms with van der Waals surface area (Å²) in [5, 5.41) is 6.09. The molecular weight excluding hydrogens is 462 g/mol. The van der Waals surface area contributed by atoms with Crippen molar-refractivity contribution in [3.63, 3.8) is 0 Å². The molecule has 3 rings (SSSR count). The number of nitrogens with one attached hydrogen (secondary N) is 3. The second kappa shape index (κ2) is 10.5. The minimum atomic E-state index is -4.03. The number of furan rings is 1. The van der Waals surface area contributed by atoms with Crippen LogP contribution in [0.5, 0.6) is 0 Å². The first-order valence-corrected chi connectivity index (χ1v) is 11.9. The highest BCUT2D eigenvalue weighted by Gasteiger charge is 2.24. The molecule has 3 aromatic rings. The zero-order valence-electron chi connectivity index (χ0n) is 18.8. The molecule has 0 fully saturated rings. The Bertz CT molecular complexity index is 1270. The van der Waals surface area contributed by atoms with E-state index in [0.29, 0.717) is 17.0 Å². The first kappa shape index (κ1) is 24.9. The van der Waals surface area contributed by atoms with E-state index in [1.807, 2.05) is 30.3 Å². The molecule has 2 aromatic carbocycles. The van der Waals surface area contributed by atoms with Gasteiger partial charge < -0.3 is 19.8 Å². The van der Waals surface area contributed by atoms with Crippen molar-refractivity contribution < 1.29 is 32.0 Å². The van der Waals surface area contributed by atoms with Crippen LogP contribution in [0.3, 0.4) is 0 Å². The fraction of sp³-hybridized carbons (Fsp3) is 0.261. The number of esters is 1. The van der Waals surface area contributed by atoms with Gasteiger partial charge in [-0.25, -0.2) is 8.42 Å². The monoisotopic (exact) mass is 487 g/mol. The van der Waals surface area contributed by atoms with Crippen LogP contribution < -0.4 is 15.4 Å². The van der Waals surface area contributed by atoms with E-state index < -0.39 is 40.6 Å². The van der Waals surface area contributed by atoms with Gasteiger partial charge in [0.15, 0.2) is 6.61 Å². The summed E-state index contributed by atoms with van der Waals surface area (Å²) in [6, 6.07) is 13.0. The van der Waals surface area contributed by atoms with Crippen molar-refractivity contribution in [2.75, 3.05) is 11.9 Å². The maximum Gasteiger partial charge on any atom is 0.324 e. The maximum atomic E-state index is 12.5. The quantitative estimate of drug-likeness (QED) is 0.393. The normalized spacial score (nSPS) is 13.1. The summed E-state index contributed by atoms with van der Waals surface area (Å²) in [6.45, 7) is 3.78. The van der Waals surface area contributed by atoms with E-state index in [0.717, 1.165) is 5.39 Å². The lowest BCUT2D eigenvalue weighted by molar-refractivity contribution is -0.150. The molecule has 2 amide bonds. The predicted octanol–water partition coefficient (Wildman–Crippen LogP) is 2.48. The summed E-state index contributed by atoms with van der Waals surface area (Å²) in [7, 11) is -4.03. The van der Waals surface area contributed by atoms with Gasteiger partial charge in [0.05, 0.1) is 10.9 Å². The summed E-state index contributed by atoms with van der Waals surface area (Å²) in [5.41, 5.74) is 1.12. The van der Waals surface area contributed by atoms with Crippen LogP contribution >= 0.6 is 0 Å². The van der Waals surface area contributed by atoms with Gasteiger partial charge in [-0.15, -0.1) is 0 Å². The second-order valence-corrected chi connectivity index (χ2v) is 9.35. The molecule has 0 saturated carbocycles. The van der Waals surface area contributed by atoms with Crippen LogP contribution in [0.2, 0.25) is 0 Å². The maximum absolute atomic E-state index is 12.5. The summed E-state index contributed by atoms with van der Waals surface area (Å²) >= 11 is 0. The fourth-order valence-electron chi connectivity index (χ4n) is 3.10. The van der Waals surface area contributed by atoms with E-state index in [1.165, 1.54) is 38.1 Å². The predicted molar refractivity (Wildman–Crippen MR) is 124 cm³/mol. The highest BCUT2D eigenvalue weighted by Crippen LogP contribution is 2.23. The number of fused-ring (bicyclic) bond motifs is 1. The second-order valence-electron chi connectivity index (χ2n) is 7.63. The molecule has 0 aliphatic heterocycles. The third kappa shape index (κ3) is 6.42. The Kier molecular flexibility index (Phi) is 7.69. The minimum absolute atomic E-state index is 0.0985. The number of sulfonamides is 1. The zero-order valence-corrected chi connectivity index (χ0v) is 19.6. The Morgan fingerprint density at radius 3 is 2.35 bits per heavy atom. The Labute approximate surface area is 196 Å². The molecule has 3 N–H and O–H groups in total. The van der Waals surface area contributed by atoms with Crippen molar-refractivity contribution in [2.45, 2.75) is 37.8 Å². The first-order valence-electron chi connectivity index (χ1n) is 10.4. The number of anilines is 1. The molecule has 0 spiro atoms. The Morgan fingerprint density at radius 2 is 1.71 bits per heavy atom. The zero-order chi connectivity index (χ0) is 24.9. The molecule has 0 radical (unpaired) electrons. The highest BCUT2D eigenvalue weighted by molar-refractivity contribution is 7.89. The molecule has 0 aliphatic rings. The van der Waals surface area contributed by atoms with Crippen LogP contribution in [-0.4, -0.2) is 38.9 Å². The summed E-state index contributed by atoms with van der Waals surface area (Å²) in [6.07, 6.45) is 0. The molecule has 10 nitrogen and oxygen atoms in total. The van der Waals surface area contributed by atoms with E-state index in [1.54, 1.807) is 6.92 Å². The van der Waals surface area contributed by atoms with Gasteiger partial charge in [0, 0.05) is 18.0 Å². The van der Waals surface area contributed by atoms with Crippen LogP contribution in [0, 0.1) is 0 Å². The summed E-state index contributed by atoms with van der Waals surface area (Å²) in [5.74, 6) is -1.22. The standard InChI is InChI=1S/C23H25N3O7S/c1-14(21-12-17-6-4-5-7-20(17)33-21)24-22(28)13-32-23(29)15(2)26-34(30,31)19-10-8-18(9-11-19)25-16(3)27/h4-12,14-15,26H,13H2,1-3H3,(H,24,28)(H,25,27)/t14?,15-/m0/s1. The van der Waals surface area contributed by atoms with E-state index in [-0.39, 0.29) is 10.8 Å². The lowest BCUT2D eigenvalue weighted by Crippen LogP contribution is -2.41. The third-order valence-corrected chi connectivity index (χ3v) is 6.32. The van der Waals surface area contributed by atoms with Crippen molar-refractivity contribution in [2.24, 2.45) is 0 Å². The van der Waals surface area contributed by atoms with Gasteiger partial charge in [-0.05, 0) is 50.2 Å². The van der Waals surface area contributed by atoms with Crippen LogP contribution in [0.25, 0.3) is 11.0 Å². The van der Waals surface area contributed by atoms with Gasteiger partial charge in [0.2, 0.25) is 15.9 Å². The lowest BCUT2D eigenvalue weighted by Gasteiger charge is -2.15. The SMILES string of the molecule is CC(=O)Nc1ccc(S(=O)(=O)N[C@@H](C)C(=O)OCC(=O)NC(C)c2cc3ccccc3o2)cc1. The number of hydrogen-bond donors (Lipinski definition) is 3. The molecule has 34 heavy (non-hydrogen) atoms. The van der Waals surface area contributed by atoms with E-state index in [4.69, 9.17) is 9.15 Å². The fourth-order valence-corrected chi connectivity index (χ4v) is 4.29. The average Bonchev–Trinajstić information content (AvgIpc) is 3.21. The Hall–Kier alpha value is -3.70. The summed E-state index contributed by atoms with van der Waals surface area (Å²) < 4.78 is 37.8. The van der Waals surface area contributed by atoms with E-state index in [2.05, 4.69) is 15.4 Å². The third-order valence-electron chi connectivity index (χ3n) is 4.76. The van der Waals surface area contributed by atoms with Crippen LogP contribution in [0.1, 0.15) is 32.6 Å². The highest BCUT2D eigenvalue weighted by atomic mass is 32.2. The number of carbonyl (C=O) groups is 3. The van der Waals surface area contributed by atoms with Gasteiger partial charge >= 0.3 is 5.97 Å². The molecular formula is C23H25N3O7S. The van der Waals surface area contributed by atoms with E-state index in [9.17, 15) is 22.8 Å².